The molecular weight excluding hydrogens is 302 g/mol. The Morgan fingerprint density at radius 1 is 1.36 bits per heavy atom. The zero-order valence-corrected chi connectivity index (χ0v) is 12.5. The van der Waals surface area contributed by atoms with Gasteiger partial charge in [0.05, 0.1) is 12.2 Å². The number of hydrogen-bond donors (Lipinski definition) is 1. The van der Waals surface area contributed by atoms with Crippen molar-refractivity contribution in [1.82, 2.24) is 24.9 Å². The largest absolute Gasteiger partial charge is 0.351 e. The van der Waals surface area contributed by atoms with Crippen molar-refractivity contribution in [1.29, 1.82) is 0 Å². The smallest absolute Gasteiger partial charge is 0.270 e. The van der Waals surface area contributed by atoms with Crippen LogP contribution in [0.2, 0.25) is 5.02 Å². The second-order valence-electron chi connectivity index (χ2n) is 5.49. The fraction of sp³-hybridized carbons (Fsp3) is 0.267. The van der Waals surface area contributed by atoms with Crippen LogP contribution in [0.25, 0.3) is 10.9 Å². The molecule has 1 aliphatic heterocycles. The molecule has 2 aromatic heterocycles. The monoisotopic (exact) mass is 315 g/mol. The van der Waals surface area contributed by atoms with E-state index in [-0.39, 0.29) is 11.9 Å². The number of carbonyl (C=O) groups excluding carboxylic acids is 1. The number of aromatic amines is 1. The van der Waals surface area contributed by atoms with Gasteiger partial charge in [-0.2, -0.15) is 0 Å². The van der Waals surface area contributed by atoms with Crippen molar-refractivity contribution in [3.63, 3.8) is 0 Å². The van der Waals surface area contributed by atoms with Gasteiger partial charge in [0.25, 0.3) is 5.91 Å². The van der Waals surface area contributed by atoms with Gasteiger partial charge in [-0.25, -0.2) is 4.68 Å². The molecule has 22 heavy (non-hydrogen) atoms. The summed E-state index contributed by atoms with van der Waals surface area (Å²) in [4.78, 5) is 17.6. The Balaban J connectivity index is 1.56. The Kier molecular flexibility index (Phi) is 3.11. The molecule has 4 rings (SSSR count). The van der Waals surface area contributed by atoms with Gasteiger partial charge in [-0.3, -0.25) is 4.79 Å². The Bertz CT molecular complexity index is 826. The predicted molar refractivity (Wildman–Crippen MR) is 82.9 cm³/mol. The third-order valence-corrected chi connectivity index (χ3v) is 4.31. The maximum absolute atomic E-state index is 12.6. The average molecular weight is 316 g/mol. The van der Waals surface area contributed by atoms with Crippen LogP contribution in [0, 0.1) is 0 Å². The highest BCUT2D eigenvalue weighted by Crippen LogP contribution is 2.24. The number of fused-ring (bicyclic) bond motifs is 1. The number of likely N-dealkylation sites (tertiary alicyclic amines) is 1. The molecule has 0 saturated carbocycles. The van der Waals surface area contributed by atoms with Crippen LogP contribution < -0.4 is 0 Å². The van der Waals surface area contributed by atoms with Gasteiger partial charge in [0, 0.05) is 35.2 Å². The van der Waals surface area contributed by atoms with Gasteiger partial charge in [-0.15, -0.1) is 5.10 Å². The van der Waals surface area contributed by atoms with Gasteiger partial charge in [0.15, 0.2) is 0 Å². The minimum atomic E-state index is 0.00920. The van der Waals surface area contributed by atoms with Crippen LogP contribution in [0.4, 0.5) is 0 Å². The molecule has 0 radical (unpaired) electrons. The zero-order valence-electron chi connectivity index (χ0n) is 11.7. The number of nitrogens with zero attached hydrogens (tertiary/aromatic N) is 4. The lowest BCUT2D eigenvalue weighted by atomic mass is 10.2. The van der Waals surface area contributed by atoms with E-state index < -0.39 is 0 Å². The molecule has 3 heterocycles. The summed E-state index contributed by atoms with van der Waals surface area (Å²) in [6.07, 6.45) is 4.39. The molecule has 1 unspecified atom stereocenters. The molecule has 112 valence electrons. The predicted octanol–water partition coefficient (Wildman–Crippen LogP) is 2.50. The minimum absolute atomic E-state index is 0.00920. The molecule has 0 bridgehead atoms. The van der Waals surface area contributed by atoms with E-state index in [4.69, 9.17) is 11.6 Å². The summed E-state index contributed by atoms with van der Waals surface area (Å²) in [5, 5.41) is 9.45. The summed E-state index contributed by atoms with van der Waals surface area (Å²) >= 11 is 5.99. The van der Waals surface area contributed by atoms with Crippen LogP contribution in [-0.4, -0.2) is 43.9 Å². The van der Waals surface area contributed by atoms with Gasteiger partial charge in [-0.1, -0.05) is 16.8 Å². The highest BCUT2D eigenvalue weighted by molar-refractivity contribution is 6.31. The maximum atomic E-state index is 12.6. The van der Waals surface area contributed by atoms with Crippen molar-refractivity contribution >= 4 is 28.4 Å². The topological polar surface area (TPSA) is 66.8 Å². The number of hydrogen-bond acceptors (Lipinski definition) is 3. The van der Waals surface area contributed by atoms with E-state index in [0.717, 1.165) is 23.9 Å². The maximum Gasteiger partial charge on any atom is 0.270 e. The first-order valence-electron chi connectivity index (χ1n) is 7.14. The van der Waals surface area contributed by atoms with E-state index in [1.54, 1.807) is 6.20 Å². The van der Waals surface area contributed by atoms with E-state index in [1.807, 2.05) is 40.0 Å². The highest BCUT2D eigenvalue weighted by Gasteiger charge is 2.29. The SMILES string of the molecule is O=C(c1cc2cc(Cl)ccc2[nH]1)N1CCC(n2ccnn2)C1. The molecule has 7 heteroatoms. The molecule has 1 N–H and O–H groups in total. The summed E-state index contributed by atoms with van der Waals surface area (Å²) in [7, 11) is 0. The fourth-order valence-electron chi connectivity index (χ4n) is 2.94. The van der Waals surface area contributed by atoms with Crippen LogP contribution in [0.15, 0.2) is 36.7 Å². The number of nitrogens with one attached hydrogen (secondary N) is 1. The standard InChI is InChI=1S/C15H14ClN5O/c16-11-1-2-13-10(7-11)8-14(18-13)15(22)20-5-3-12(9-20)21-6-4-17-19-21/h1-2,4,6-8,12,18H,3,5,9H2. The molecule has 1 saturated heterocycles. The molecule has 0 aliphatic carbocycles. The van der Waals surface area contributed by atoms with Crippen molar-refractivity contribution in [3.8, 4) is 0 Å². The van der Waals surface area contributed by atoms with Gasteiger partial charge < -0.3 is 9.88 Å². The third kappa shape index (κ3) is 2.25. The summed E-state index contributed by atoms with van der Waals surface area (Å²) < 4.78 is 1.82. The molecule has 0 spiro atoms. The Morgan fingerprint density at radius 3 is 3.09 bits per heavy atom. The van der Waals surface area contributed by atoms with Gasteiger partial charge >= 0.3 is 0 Å². The van der Waals surface area contributed by atoms with E-state index in [0.29, 0.717) is 17.3 Å². The highest BCUT2D eigenvalue weighted by atomic mass is 35.5. The van der Waals surface area contributed by atoms with Crippen LogP contribution in [0.1, 0.15) is 23.0 Å². The third-order valence-electron chi connectivity index (χ3n) is 4.08. The quantitative estimate of drug-likeness (QED) is 0.790. The Hall–Kier alpha value is -2.34. The Morgan fingerprint density at radius 2 is 2.27 bits per heavy atom. The second-order valence-corrected chi connectivity index (χ2v) is 5.93. The number of halogens is 1. The second kappa shape index (κ2) is 5.14. The number of amides is 1. The molecule has 6 nitrogen and oxygen atoms in total. The Labute approximate surface area is 131 Å². The number of carbonyl (C=O) groups is 1. The van der Waals surface area contributed by atoms with Crippen molar-refractivity contribution in [2.24, 2.45) is 0 Å². The van der Waals surface area contributed by atoms with E-state index in [1.165, 1.54) is 0 Å². The number of rotatable bonds is 2. The first-order chi connectivity index (χ1) is 10.7. The van der Waals surface area contributed by atoms with E-state index in [9.17, 15) is 4.79 Å². The van der Waals surface area contributed by atoms with Crippen molar-refractivity contribution < 1.29 is 4.79 Å². The van der Waals surface area contributed by atoms with E-state index >= 15 is 0 Å². The number of aromatic nitrogens is 4. The van der Waals surface area contributed by atoms with Crippen LogP contribution in [0.3, 0.4) is 0 Å². The van der Waals surface area contributed by atoms with Crippen LogP contribution >= 0.6 is 11.6 Å². The summed E-state index contributed by atoms with van der Waals surface area (Å²) in [6.45, 7) is 1.37. The van der Waals surface area contributed by atoms with E-state index in [2.05, 4.69) is 15.3 Å². The first kappa shape index (κ1) is 13.3. The lowest BCUT2D eigenvalue weighted by Crippen LogP contribution is -2.29. The number of H-pyrrole nitrogens is 1. The van der Waals surface area contributed by atoms with Gasteiger partial charge in [-0.05, 0) is 30.7 Å². The van der Waals surface area contributed by atoms with Crippen LogP contribution in [0.5, 0.6) is 0 Å². The van der Waals surface area contributed by atoms with Crippen molar-refractivity contribution in [3.05, 3.63) is 47.4 Å². The minimum Gasteiger partial charge on any atom is -0.351 e. The molecule has 3 aromatic rings. The lowest BCUT2D eigenvalue weighted by Gasteiger charge is -2.15. The van der Waals surface area contributed by atoms with Crippen molar-refractivity contribution in [2.45, 2.75) is 12.5 Å². The normalized spacial score (nSPS) is 18.2. The zero-order chi connectivity index (χ0) is 15.1. The molecule has 1 aromatic carbocycles. The number of benzene rings is 1. The summed E-state index contributed by atoms with van der Waals surface area (Å²) in [6, 6.07) is 7.60. The fourth-order valence-corrected chi connectivity index (χ4v) is 3.12. The first-order valence-corrected chi connectivity index (χ1v) is 7.52. The molecule has 1 atom stereocenters. The lowest BCUT2D eigenvalue weighted by molar-refractivity contribution is 0.0782. The average Bonchev–Trinajstić information content (AvgIpc) is 3.24. The molecule has 1 amide bonds. The van der Waals surface area contributed by atoms with Gasteiger partial charge in [0.1, 0.15) is 5.69 Å². The summed E-state index contributed by atoms with van der Waals surface area (Å²) in [5.41, 5.74) is 1.51. The molecule has 1 aliphatic rings. The van der Waals surface area contributed by atoms with Crippen molar-refractivity contribution in [2.75, 3.05) is 13.1 Å². The molecular formula is C15H14ClN5O. The summed E-state index contributed by atoms with van der Waals surface area (Å²) in [5.74, 6) is 0.00920. The van der Waals surface area contributed by atoms with Gasteiger partial charge in [0.2, 0.25) is 0 Å². The van der Waals surface area contributed by atoms with Crippen LogP contribution in [-0.2, 0) is 0 Å². The molecule has 1 fully saturated rings.